The number of benzene rings is 2. The van der Waals surface area contributed by atoms with Crippen LogP contribution in [0.25, 0.3) is 11.0 Å². The number of aryl methyl sites for hydroxylation is 1. The summed E-state index contributed by atoms with van der Waals surface area (Å²) in [7, 11) is 0. The first kappa shape index (κ1) is 19.1. The van der Waals surface area contributed by atoms with Crippen molar-refractivity contribution in [1.29, 1.82) is 0 Å². The number of hydrogen-bond acceptors (Lipinski definition) is 6. The number of fused-ring (bicyclic) bond motifs is 1. The highest BCUT2D eigenvalue weighted by molar-refractivity contribution is 6.35. The zero-order valence-electron chi connectivity index (χ0n) is 14.1. The van der Waals surface area contributed by atoms with E-state index in [-0.39, 0.29) is 29.6 Å². The molecule has 0 saturated heterocycles. The van der Waals surface area contributed by atoms with Gasteiger partial charge in [-0.15, -0.1) is 0 Å². The Hall–Kier alpha value is -2.70. The van der Waals surface area contributed by atoms with E-state index in [1.54, 1.807) is 25.1 Å². The van der Waals surface area contributed by atoms with Gasteiger partial charge in [-0.25, -0.2) is 9.59 Å². The third-order valence-corrected chi connectivity index (χ3v) is 4.38. The summed E-state index contributed by atoms with van der Waals surface area (Å²) in [5.41, 5.74) is 0.532. The summed E-state index contributed by atoms with van der Waals surface area (Å²) in [6, 6.07) is 8.94. The molecule has 0 radical (unpaired) electrons. The van der Waals surface area contributed by atoms with E-state index < -0.39 is 11.6 Å². The van der Waals surface area contributed by atoms with E-state index in [0.717, 1.165) is 0 Å². The minimum absolute atomic E-state index is 0.00744. The summed E-state index contributed by atoms with van der Waals surface area (Å²) in [4.78, 5) is 23.7. The topological polar surface area (TPSA) is 86.0 Å². The number of hydrogen-bond donors (Lipinski definition) is 1. The molecular weight excluding hydrogens is 395 g/mol. The van der Waals surface area contributed by atoms with Crippen LogP contribution in [0.15, 0.2) is 45.6 Å². The van der Waals surface area contributed by atoms with Crippen molar-refractivity contribution < 1.29 is 23.8 Å². The van der Waals surface area contributed by atoms with Crippen LogP contribution in [0.1, 0.15) is 11.1 Å². The average molecular weight is 409 g/mol. The quantitative estimate of drug-likeness (QED) is 0.501. The van der Waals surface area contributed by atoms with E-state index in [9.17, 15) is 14.7 Å². The second kappa shape index (κ2) is 7.90. The number of esters is 1. The Labute approximate surface area is 163 Å². The zero-order valence-corrected chi connectivity index (χ0v) is 15.6. The highest BCUT2D eigenvalue weighted by atomic mass is 35.5. The van der Waals surface area contributed by atoms with Gasteiger partial charge in [-0.1, -0.05) is 23.2 Å². The van der Waals surface area contributed by atoms with E-state index in [0.29, 0.717) is 27.3 Å². The number of carbonyl (C=O) groups is 1. The van der Waals surface area contributed by atoms with Gasteiger partial charge in [0.25, 0.3) is 0 Å². The number of aromatic hydroxyl groups is 1. The lowest BCUT2D eigenvalue weighted by molar-refractivity contribution is -0.147. The number of halogens is 2. The Kier molecular flexibility index (Phi) is 5.58. The fraction of sp³-hybridized carbons (Fsp3) is 0.158. The second-order valence-electron chi connectivity index (χ2n) is 5.70. The van der Waals surface area contributed by atoms with Crippen molar-refractivity contribution in [3.63, 3.8) is 0 Å². The molecule has 1 N–H and O–H groups in total. The van der Waals surface area contributed by atoms with Gasteiger partial charge in [-0.05, 0) is 37.3 Å². The summed E-state index contributed by atoms with van der Waals surface area (Å²) in [5, 5.41) is 11.0. The Balaban J connectivity index is 1.70. The zero-order chi connectivity index (χ0) is 19.6. The molecule has 8 heteroatoms. The third-order valence-electron chi connectivity index (χ3n) is 3.85. The molecule has 0 aliphatic rings. The van der Waals surface area contributed by atoms with Crippen molar-refractivity contribution in [1.82, 2.24) is 0 Å². The van der Waals surface area contributed by atoms with Crippen molar-refractivity contribution >= 4 is 40.1 Å². The Morgan fingerprint density at radius 2 is 1.96 bits per heavy atom. The van der Waals surface area contributed by atoms with Gasteiger partial charge >= 0.3 is 11.6 Å². The Bertz CT molecular complexity index is 1070. The molecule has 6 nitrogen and oxygen atoms in total. The van der Waals surface area contributed by atoms with Crippen LogP contribution in [0, 0.1) is 6.92 Å². The summed E-state index contributed by atoms with van der Waals surface area (Å²) in [6.07, 6.45) is 0. The summed E-state index contributed by atoms with van der Waals surface area (Å²) >= 11 is 11.8. The van der Waals surface area contributed by atoms with Gasteiger partial charge in [0.15, 0.2) is 6.61 Å². The second-order valence-corrected chi connectivity index (χ2v) is 6.54. The number of rotatable bonds is 5. The molecule has 0 atom stereocenters. The minimum Gasteiger partial charge on any atom is -0.508 e. The van der Waals surface area contributed by atoms with Gasteiger partial charge in [-0.2, -0.15) is 0 Å². The molecule has 1 aromatic heterocycles. The summed E-state index contributed by atoms with van der Waals surface area (Å²) in [6.45, 7) is 1.11. The van der Waals surface area contributed by atoms with Crippen LogP contribution < -0.4 is 10.4 Å². The SMILES string of the molecule is Cc1c(O)ccc2c(COC(=O)COc3ccc(Cl)cc3Cl)cc(=O)oc12. The van der Waals surface area contributed by atoms with Crippen molar-refractivity contribution in [3.8, 4) is 11.5 Å². The van der Waals surface area contributed by atoms with Crippen LogP contribution in [-0.2, 0) is 16.1 Å². The maximum absolute atomic E-state index is 12.0. The highest BCUT2D eigenvalue weighted by Crippen LogP contribution is 2.28. The lowest BCUT2D eigenvalue weighted by Gasteiger charge is -2.10. The molecular formula is C19H14Cl2O6. The number of ether oxygens (including phenoxy) is 2. The maximum Gasteiger partial charge on any atom is 0.344 e. The lowest BCUT2D eigenvalue weighted by atomic mass is 10.1. The Morgan fingerprint density at radius 3 is 2.70 bits per heavy atom. The first-order chi connectivity index (χ1) is 12.8. The molecule has 140 valence electrons. The molecule has 2 aromatic carbocycles. The molecule has 0 aliphatic heterocycles. The van der Waals surface area contributed by atoms with Crippen LogP contribution in [0.5, 0.6) is 11.5 Å². The van der Waals surface area contributed by atoms with Crippen LogP contribution in [0.2, 0.25) is 10.0 Å². The molecule has 0 saturated carbocycles. The van der Waals surface area contributed by atoms with Crippen LogP contribution in [0.3, 0.4) is 0 Å². The minimum atomic E-state index is -0.641. The fourth-order valence-corrected chi connectivity index (χ4v) is 2.93. The first-order valence-electron chi connectivity index (χ1n) is 7.84. The van der Waals surface area contributed by atoms with Crippen molar-refractivity contribution in [2.45, 2.75) is 13.5 Å². The van der Waals surface area contributed by atoms with Crippen LogP contribution in [-0.4, -0.2) is 17.7 Å². The fourth-order valence-electron chi connectivity index (χ4n) is 2.46. The van der Waals surface area contributed by atoms with Gasteiger partial charge in [0, 0.05) is 27.6 Å². The summed E-state index contributed by atoms with van der Waals surface area (Å²) < 4.78 is 15.6. The number of carbonyl (C=O) groups excluding carboxylic acids is 1. The first-order valence-corrected chi connectivity index (χ1v) is 8.59. The van der Waals surface area contributed by atoms with E-state index in [1.807, 2.05) is 0 Å². The predicted molar refractivity (Wildman–Crippen MR) is 101 cm³/mol. The monoisotopic (exact) mass is 408 g/mol. The van der Waals surface area contributed by atoms with Crippen LogP contribution >= 0.6 is 23.2 Å². The standard InChI is InChI=1S/C19H14Cl2O6/c1-10-15(22)4-3-13-11(6-17(23)27-19(10)13)8-26-18(24)9-25-16-5-2-12(20)7-14(16)21/h2-7,22H,8-9H2,1H3. The van der Waals surface area contributed by atoms with Crippen molar-refractivity contribution in [3.05, 3.63) is 68.0 Å². The maximum atomic E-state index is 12.0. The molecule has 0 aliphatic carbocycles. The molecule has 1 heterocycles. The van der Waals surface area contributed by atoms with Gasteiger partial charge < -0.3 is 19.0 Å². The van der Waals surface area contributed by atoms with Crippen molar-refractivity contribution in [2.24, 2.45) is 0 Å². The van der Waals surface area contributed by atoms with Crippen molar-refractivity contribution in [2.75, 3.05) is 6.61 Å². The molecule has 0 spiro atoms. The molecule has 0 bridgehead atoms. The van der Waals surface area contributed by atoms with Gasteiger partial charge in [-0.3, -0.25) is 0 Å². The number of phenolic OH excluding ortho intramolecular Hbond substituents is 1. The molecule has 0 unspecified atom stereocenters. The normalized spacial score (nSPS) is 10.8. The number of phenols is 1. The summed E-state index contributed by atoms with van der Waals surface area (Å²) in [5.74, 6) is -0.333. The van der Waals surface area contributed by atoms with E-state index >= 15 is 0 Å². The average Bonchev–Trinajstić information content (AvgIpc) is 2.62. The van der Waals surface area contributed by atoms with Gasteiger partial charge in [0.05, 0.1) is 5.02 Å². The molecule has 3 aromatic rings. The molecule has 0 fully saturated rings. The third kappa shape index (κ3) is 4.35. The lowest BCUT2D eigenvalue weighted by Crippen LogP contribution is -2.15. The van der Waals surface area contributed by atoms with E-state index in [1.165, 1.54) is 18.2 Å². The van der Waals surface area contributed by atoms with E-state index in [2.05, 4.69) is 0 Å². The predicted octanol–water partition coefficient (Wildman–Crippen LogP) is 4.24. The molecule has 27 heavy (non-hydrogen) atoms. The van der Waals surface area contributed by atoms with Gasteiger partial charge in [0.1, 0.15) is 23.7 Å². The molecule has 0 amide bonds. The van der Waals surface area contributed by atoms with E-state index in [4.69, 9.17) is 37.1 Å². The highest BCUT2D eigenvalue weighted by Gasteiger charge is 2.13. The van der Waals surface area contributed by atoms with Gasteiger partial charge in [0.2, 0.25) is 0 Å². The molecule has 3 rings (SSSR count). The smallest absolute Gasteiger partial charge is 0.344 e. The van der Waals surface area contributed by atoms with Crippen LogP contribution in [0.4, 0.5) is 0 Å². The largest absolute Gasteiger partial charge is 0.508 e. The Morgan fingerprint density at radius 1 is 1.19 bits per heavy atom.